The highest BCUT2D eigenvalue weighted by Gasteiger charge is 2.26. The third kappa shape index (κ3) is 2.85. The summed E-state index contributed by atoms with van der Waals surface area (Å²) < 4.78 is 18.4. The van der Waals surface area contributed by atoms with Crippen molar-refractivity contribution in [3.8, 4) is 22.4 Å². The highest BCUT2D eigenvalue weighted by Crippen LogP contribution is 2.41. The van der Waals surface area contributed by atoms with Crippen molar-refractivity contribution in [1.29, 1.82) is 0 Å². The maximum atomic E-state index is 14.8. The van der Waals surface area contributed by atoms with Crippen LogP contribution < -0.4 is 5.32 Å². The van der Waals surface area contributed by atoms with E-state index in [0.29, 0.717) is 35.0 Å². The van der Waals surface area contributed by atoms with Crippen molar-refractivity contribution in [2.45, 2.75) is 26.7 Å². The quantitative estimate of drug-likeness (QED) is 0.539. The minimum atomic E-state index is -0.367. The molecule has 2 N–H and O–H groups in total. The van der Waals surface area contributed by atoms with Crippen molar-refractivity contribution in [3.05, 3.63) is 58.8 Å². The van der Waals surface area contributed by atoms with Gasteiger partial charge in [0.05, 0.1) is 12.2 Å². The normalized spacial score (nSPS) is 13.8. The first kappa shape index (κ1) is 18.3. The predicted octanol–water partition coefficient (Wildman–Crippen LogP) is 3.72. The minimum absolute atomic E-state index is 0.162. The molecule has 3 aromatic heterocycles. The fourth-order valence-electron chi connectivity index (χ4n) is 4.14. The van der Waals surface area contributed by atoms with Crippen LogP contribution in [0.25, 0.3) is 33.4 Å². The molecule has 29 heavy (non-hydrogen) atoms. The second-order valence-corrected chi connectivity index (χ2v) is 7.61. The van der Waals surface area contributed by atoms with E-state index < -0.39 is 0 Å². The molecule has 0 aliphatic carbocycles. The molecule has 1 aromatic carbocycles. The summed E-state index contributed by atoms with van der Waals surface area (Å²) >= 11 is 6.18. The lowest BCUT2D eigenvalue weighted by Gasteiger charge is -2.16. The topological polar surface area (TPSA) is 67.9 Å². The molecule has 0 saturated heterocycles. The van der Waals surface area contributed by atoms with Gasteiger partial charge in [0.2, 0.25) is 0 Å². The maximum Gasteiger partial charge on any atom is 0.142 e. The molecule has 4 heterocycles. The lowest BCUT2D eigenvalue weighted by atomic mass is 9.95. The van der Waals surface area contributed by atoms with Gasteiger partial charge in [-0.15, -0.1) is 0 Å². The number of hydrogen-bond donors (Lipinski definition) is 2. The van der Waals surface area contributed by atoms with Crippen LogP contribution >= 0.6 is 11.6 Å². The van der Waals surface area contributed by atoms with Crippen LogP contribution in [0.1, 0.15) is 11.3 Å². The van der Waals surface area contributed by atoms with E-state index in [1.807, 2.05) is 23.9 Å². The average molecular weight is 412 g/mol. The molecule has 1 aliphatic rings. The summed E-state index contributed by atoms with van der Waals surface area (Å²) in [5.74, 6) is -0.367. The highest BCUT2D eigenvalue weighted by atomic mass is 35.5. The predicted molar refractivity (Wildman–Crippen MR) is 110 cm³/mol. The fraction of sp³-hybridized carbons (Fsp3) is 0.238. The standard InChI is InChI=1S/C21H19ClFN5O/c1-12-10-27(11-29)21-18(12)14(4-5-25-21)19-17-9-24-6-7-28(17)26-20(19)15-8-13(22)2-3-16(15)23/h2-5,8,10,24,29H,6-7,9,11H2,1H3. The molecule has 0 unspecified atom stereocenters. The van der Waals surface area contributed by atoms with Crippen LogP contribution in [0.15, 0.2) is 36.7 Å². The molecule has 5 rings (SSSR count). The van der Waals surface area contributed by atoms with Crippen molar-refractivity contribution in [1.82, 2.24) is 24.6 Å². The SMILES string of the molecule is Cc1cn(CO)c2nccc(-c3c(-c4cc(Cl)ccc4F)nn4c3CNCC4)c12. The van der Waals surface area contributed by atoms with Gasteiger partial charge >= 0.3 is 0 Å². The number of halogens is 2. The maximum absolute atomic E-state index is 14.8. The Labute approximate surface area is 171 Å². The number of fused-ring (bicyclic) bond motifs is 2. The van der Waals surface area contributed by atoms with Gasteiger partial charge in [0.1, 0.15) is 23.9 Å². The zero-order valence-corrected chi connectivity index (χ0v) is 16.5. The summed E-state index contributed by atoms with van der Waals surface area (Å²) in [5, 5.41) is 19.2. The molecular weight excluding hydrogens is 393 g/mol. The van der Waals surface area contributed by atoms with Crippen LogP contribution in [0, 0.1) is 12.7 Å². The molecule has 0 atom stereocenters. The van der Waals surface area contributed by atoms with E-state index in [4.69, 9.17) is 16.7 Å². The van der Waals surface area contributed by atoms with Crippen LogP contribution in [-0.2, 0) is 19.8 Å². The molecular formula is C21H19ClFN5O. The molecule has 6 nitrogen and oxygen atoms in total. The number of aliphatic hydroxyl groups is 1. The van der Waals surface area contributed by atoms with Crippen LogP contribution in [0.3, 0.4) is 0 Å². The minimum Gasteiger partial charge on any atom is -0.376 e. The van der Waals surface area contributed by atoms with E-state index in [9.17, 15) is 9.50 Å². The van der Waals surface area contributed by atoms with Gasteiger partial charge in [0.25, 0.3) is 0 Å². The Morgan fingerprint density at radius 3 is 2.97 bits per heavy atom. The molecule has 1 aliphatic heterocycles. The molecule has 0 spiro atoms. The number of aryl methyl sites for hydroxylation is 1. The van der Waals surface area contributed by atoms with Crippen molar-refractivity contribution in [3.63, 3.8) is 0 Å². The van der Waals surface area contributed by atoms with Crippen LogP contribution in [-0.4, -0.2) is 31.0 Å². The Bertz CT molecular complexity index is 1250. The molecule has 0 amide bonds. The van der Waals surface area contributed by atoms with E-state index >= 15 is 0 Å². The summed E-state index contributed by atoms with van der Waals surface area (Å²) in [7, 11) is 0. The number of nitrogens with zero attached hydrogens (tertiary/aromatic N) is 4. The third-order valence-corrected chi connectivity index (χ3v) is 5.64. The number of aromatic nitrogens is 4. The second kappa shape index (κ2) is 6.95. The number of pyridine rings is 1. The lowest BCUT2D eigenvalue weighted by Crippen LogP contribution is -2.28. The molecule has 4 aromatic rings. The molecule has 0 fully saturated rings. The molecule has 0 radical (unpaired) electrons. The fourth-order valence-corrected chi connectivity index (χ4v) is 4.31. The van der Waals surface area contributed by atoms with Gasteiger partial charge in [-0.05, 0) is 42.3 Å². The Hall–Kier alpha value is -2.74. The van der Waals surface area contributed by atoms with Gasteiger partial charge in [-0.2, -0.15) is 5.10 Å². The number of nitrogens with one attached hydrogen (secondary N) is 1. The van der Waals surface area contributed by atoms with Crippen LogP contribution in [0.4, 0.5) is 4.39 Å². The van der Waals surface area contributed by atoms with Gasteiger partial charge < -0.3 is 15.0 Å². The number of aliphatic hydroxyl groups excluding tert-OH is 1. The number of benzene rings is 1. The van der Waals surface area contributed by atoms with Crippen molar-refractivity contribution in [2.24, 2.45) is 0 Å². The summed E-state index contributed by atoms with van der Waals surface area (Å²) in [6, 6.07) is 6.45. The molecule has 0 bridgehead atoms. The van der Waals surface area contributed by atoms with Gasteiger partial charge in [-0.1, -0.05) is 11.6 Å². The van der Waals surface area contributed by atoms with Crippen molar-refractivity contribution in [2.75, 3.05) is 6.54 Å². The summed E-state index contributed by atoms with van der Waals surface area (Å²) in [6.45, 7) is 3.96. The monoisotopic (exact) mass is 411 g/mol. The Morgan fingerprint density at radius 2 is 2.14 bits per heavy atom. The Kier molecular flexibility index (Phi) is 4.38. The number of hydrogen-bond acceptors (Lipinski definition) is 4. The van der Waals surface area contributed by atoms with Gasteiger partial charge in [0, 0.05) is 47.0 Å². The van der Waals surface area contributed by atoms with E-state index in [0.717, 1.165) is 34.3 Å². The van der Waals surface area contributed by atoms with E-state index in [1.54, 1.807) is 16.8 Å². The van der Waals surface area contributed by atoms with Crippen molar-refractivity contribution < 1.29 is 9.50 Å². The summed E-state index contributed by atoms with van der Waals surface area (Å²) in [6.07, 6.45) is 3.58. The first-order valence-corrected chi connectivity index (χ1v) is 9.77. The second-order valence-electron chi connectivity index (χ2n) is 7.17. The molecule has 8 heteroatoms. The van der Waals surface area contributed by atoms with E-state index in [-0.39, 0.29) is 12.5 Å². The van der Waals surface area contributed by atoms with Crippen molar-refractivity contribution >= 4 is 22.6 Å². The molecule has 148 valence electrons. The van der Waals surface area contributed by atoms with Gasteiger partial charge in [0.15, 0.2) is 0 Å². The lowest BCUT2D eigenvalue weighted by molar-refractivity contribution is 0.214. The summed E-state index contributed by atoms with van der Waals surface area (Å²) in [5.41, 5.74) is 5.38. The Morgan fingerprint density at radius 1 is 1.28 bits per heavy atom. The first-order chi connectivity index (χ1) is 14.1. The highest BCUT2D eigenvalue weighted by molar-refractivity contribution is 6.30. The molecule has 0 saturated carbocycles. The van der Waals surface area contributed by atoms with Crippen LogP contribution in [0.2, 0.25) is 5.02 Å². The largest absolute Gasteiger partial charge is 0.376 e. The third-order valence-electron chi connectivity index (χ3n) is 5.40. The Balaban J connectivity index is 1.87. The van der Waals surface area contributed by atoms with Gasteiger partial charge in [-0.25, -0.2) is 9.37 Å². The van der Waals surface area contributed by atoms with E-state index in [1.165, 1.54) is 12.1 Å². The zero-order valence-electron chi connectivity index (χ0n) is 15.8. The van der Waals surface area contributed by atoms with Gasteiger partial charge in [-0.3, -0.25) is 4.68 Å². The zero-order chi connectivity index (χ0) is 20.1. The smallest absolute Gasteiger partial charge is 0.142 e. The summed E-state index contributed by atoms with van der Waals surface area (Å²) in [4.78, 5) is 4.45. The average Bonchev–Trinajstić information content (AvgIpc) is 3.27. The van der Waals surface area contributed by atoms with Crippen LogP contribution in [0.5, 0.6) is 0 Å². The van der Waals surface area contributed by atoms with E-state index in [2.05, 4.69) is 10.3 Å². The number of rotatable bonds is 3. The first-order valence-electron chi connectivity index (χ1n) is 9.40.